The van der Waals surface area contributed by atoms with Crippen molar-refractivity contribution in [3.8, 4) is 0 Å². The first-order valence-electron chi connectivity index (χ1n) is 9.41. The van der Waals surface area contributed by atoms with Crippen LogP contribution in [0.1, 0.15) is 80.6 Å². The van der Waals surface area contributed by atoms with Crippen LogP contribution >= 0.6 is 0 Å². The maximum Gasteiger partial charge on any atom is 0.225 e. The third-order valence-corrected chi connectivity index (χ3v) is 4.14. The fourth-order valence-corrected chi connectivity index (χ4v) is 2.19. The Morgan fingerprint density at radius 3 is 2.12 bits per heavy atom. The van der Waals surface area contributed by atoms with Gasteiger partial charge in [-0.05, 0) is 26.7 Å². The molecule has 1 amide bonds. The van der Waals surface area contributed by atoms with Crippen molar-refractivity contribution in [2.45, 2.75) is 86.2 Å². The van der Waals surface area contributed by atoms with Crippen molar-refractivity contribution < 1.29 is 19.4 Å². The maximum absolute atomic E-state index is 12.2. The molecule has 0 aliphatic heterocycles. The molecule has 25 heavy (non-hydrogen) atoms. The Hall–Kier alpha value is -0.940. The summed E-state index contributed by atoms with van der Waals surface area (Å²) in [6, 6.07) is 0. The Morgan fingerprint density at radius 1 is 1.08 bits per heavy atom. The highest BCUT2D eigenvalue weighted by atomic mass is 16.5. The zero-order valence-electron chi connectivity index (χ0n) is 17.7. The van der Waals surface area contributed by atoms with Crippen molar-refractivity contribution in [2.24, 2.45) is 11.3 Å². The summed E-state index contributed by atoms with van der Waals surface area (Å²) in [5, 5.41) is 10.0. The van der Waals surface area contributed by atoms with Gasteiger partial charge in [0.2, 0.25) is 5.91 Å². The standard InChI is InChI=1S/C19H37NO3.CH4O/c1-8-9-10-12-20-17(22)18(4,5)11-13-23-19(6,7)14-16(21)15(2)3;1-2/h15H,8-14H2,1-7H3,(H,20,22);2H,1H3. The smallest absolute Gasteiger partial charge is 0.225 e. The van der Waals surface area contributed by atoms with Gasteiger partial charge in [-0.3, -0.25) is 9.59 Å². The second-order valence-corrected chi connectivity index (χ2v) is 8.00. The number of carbonyl (C=O) groups excluding carboxylic acids is 2. The minimum atomic E-state index is -0.477. The number of hydrogen-bond donors (Lipinski definition) is 2. The molecule has 0 heterocycles. The van der Waals surface area contributed by atoms with Crippen LogP contribution < -0.4 is 5.32 Å². The van der Waals surface area contributed by atoms with E-state index in [9.17, 15) is 9.59 Å². The van der Waals surface area contributed by atoms with Gasteiger partial charge in [-0.1, -0.05) is 47.5 Å². The molecule has 0 atom stereocenters. The molecule has 0 unspecified atom stereocenters. The lowest BCUT2D eigenvalue weighted by Gasteiger charge is -2.29. The van der Waals surface area contributed by atoms with Gasteiger partial charge in [-0.25, -0.2) is 0 Å². The van der Waals surface area contributed by atoms with E-state index in [4.69, 9.17) is 9.84 Å². The first-order valence-corrected chi connectivity index (χ1v) is 9.41. The average molecular weight is 360 g/mol. The molecule has 0 spiro atoms. The molecule has 5 nitrogen and oxygen atoms in total. The van der Waals surface area contributed by atoms with Crippen molar-refractivity contribution in [3.63, 3.8) is 0 Å². The van der Waals surface area contributed by atoms with E-state index in [1.807, 2.05) is 41.5 Å². The van der Waals surface area contributed by atoms with Crippen LogP contribution in [-0.2, 0) is 14.3 Å². The van der Waals surface area contributed by atoms with Crippen LogP contribution in [0.15, 0.2) is 0 Å². The van der Waals surface area contributed by atoms with Gasteiger partial charge in [0.25, 0.3) is 0 Å². The number of hydrogen-bond acceptors (Lipinski definition) is 4. The third-order valence-electron chi connectivity index (χ3n) is 4.14. The van der Waals surface area contributed by atoms with Crippen LogP contribution in [0.4, 0.5) is 0 Å². The number of aliphatic hydroxyl groups excluding tert-OH is 1. The van der Waals surface area contributed by atoms with Gasteiger partial charge in [0, 0.05) is 38.0 Å². The highest BCUT2D eigenvalue weighted by Gasteiger charge is 2.29. The highest BCUT2D eigenvalue weighted by Crippen LogP contribution is 2.24. The Balaban J connectivity index is 0. The van der Waals surface area contributed by atoms with E-state index in [1.54, 1.807) is 0 Å². The van der Waals surface area contributed by atoms with Gasteiger partial charge in [-0.2, -0.15) is 0 Å². The van der Waals surface area contributed by atoms with E-state index in [-0.39, 0.29) is 17.6 Å². The second kappa shape index (κ2) is 13.3. The summed E-state index contributed by atoms with van der Waals surface area (Å²) in [6.45, 7) is 14.9. The molecule has 150 valence electrons. The number of carbonyl (C=O) groups is 2. The van der Waals surface area contributed by atoms with E-state index in [1.165, 1.54) is 0 Å². The summed E-state index contributed by atoms with van der Waals surface area (Å²) in [6.07, 6.45) is 4.37. The van der Waals surface area contributed by atoms with Gasteiger partial charge < -0.3 is 15.2 Å². The molecule has 0 saturated heterocycles. The topological polar surface area (TPSA) is 75.6 Å². The van der Waals surface area contributed by atoms with Gasteiger partial charge >= 0.3 is 0 Å². The monoisotopic (exact) mass is 359 g/mol. The van der Waals surface area contributed by atoms with Crippen molar-refractivity contribution in [1.82, 2.24) is 5.32 Å². The first-order chi connectivity index (χ1) is 11.5. The predicted molar refractivity (Wildman–Crippen MR) is 104 cm³/mol. The van der Waals surface area contributed by atoms with Crippen LogP contribution in [0.5, 0.6) is 0 Å². The lowest BCUT2D eigenvalue weighted by Crippen LogP contribution is -2.39. The van der Waals surface area contributed by atoms with Gasteiger partial charge in [0.05, 0.1) is 5.60 Å². The van der Waals surface area contributed by atoms with Crippen LogP contribution in [0.3, 0.4) is 0 Å². The molecule has 0 aromatic heterocycles. The van der Waals surface area contributed by atoms with E-state index in [0.29, 0.717) is 19.4 Å². The minimum Gasteiger partial charge on any atom is -0.400 e. The third kappa shape index (κ3) is 13.0. The molecule has 0 rings (SSSR count). The number of unbranched alkanes of at least 4 members (excludes halogenated alkanes) is 2. The number of aliphatic hydroxyl groups is 1. The normalized spacial score (nSPS) is 11.8. The molecule has 0 bridgehead atoms. The molecular weight excluding hydrogens is 318 g/mol. The maximum atomic E-state index is 12.2. The molecule has 5 heteroatoms. The molecule has 0 aromatic rings. The van der Waals surface area contributed by atoms with E-state index >= 15 is 0 Å². The molecule has 0 fully saturated rings. The van der Waals surface area contributed by atoms with Crippen LogP contribution in [0.2, 0.25) is 0 Å². The quantitative estimate of drug-likeness (QED) is 0.521. The number of amides is 1. The van der Waals surface area contributed by atoms with Crippen molar-refractivity contribution in [1.29, 1.82) is 0 Å². The summed E-state index contributed by atoms with van der Waals surface area (Å²) in [7, 11) is 1.00. The number of rotatable bonds is 12. The van der Waals surface area contributed by atoms with E-state index in [0.717, 1.165) is 32.9 Å². The predicted octanol–water partition coefficient (Wildman–Crippen LogP) is 3.73. The molecular formula is C20H41NO4. The largest absolute Gasteiger partial charge is 0.400 e. The van der Waals surface area contributed by atoms with Crippen LogP contribution in [-0.4, -0.2) is 42.7 Å². The molecule has 0 saturated carbocycles. The summed E-state index contributed by atoms with van der Waals surface area (Å²) in [4.78, 5) is 24.1. The number of nitrogens with one attached hydrogen (secondary N) is 1. The number of Topliss-reactive ketones (excluding diaryl/α,β-unsaturated/α-hetero) is 1. The average Bonchev–Trinajstić information content (AvgIpc) is 2.52. The Morgan fingerprint density at radius 2 is 1.64 bits per heavy atom. The lowest BCUT2D eigenvalue weighted by molar-refractivity contribution is -0.134. The lowest BCUT2D eigenvalue weighted by atomic mass is 9.88. The Kier molecular flexibility index (Phi) is 14.0. The van der Waals surface area contributed by atoms with Crippen molar-refractivity contribution >= 4 is 11.7 Å². The van der Waals surface area contributed by atoms with Gasteiger partial charge in [0.15, 0.2) is 0 Å². The summed E-state index contributed by atoms with van der Waals surface area (Å²) in [5.74, 6) is 0.319. The van der Waals surface area contributed by atoms with Crippen molar-refractivity contribution in [2.75, 3.05) is 20.3 Å². The Bertz CT molecular complexity index is 376. The van der Waals surface area contributed by atoms with E-state index < -0.39 is 11.0 Å². The molecule has 2 N–H and O–H groups in total. The summed E-state index contributed by atoms with van der Waals surface area (Å²) >= 11 is 0. The first kappa shape index (κ1) is 26.3. The summed E-state index contributed by atoms with van der Waals surface area (Å²) < 4.78 is 5.88. The fourth-order valence-electron chi connectivity index (χ4n) is 2.19. The van der Waals surface area contributed by atoms with Gasteiger partial charge in [0.1, 0.15) is 5.78 Å². The van der Waals surface area contributed by atoms with Crippen LogP contribution in [0, 0.1) is 11.3 Å². The Labute approximate surface area is 154 Å². The molecule has 0 aliphatic rings. The second-order valence-electron chi connectivity index (χ2n) is 8.00. The minimum absolute atomic E-state index is 0.0308. The zero-order valence-corrected chi connectivity index (χ0v) is 17.7. The van der Waals surface area contributed by atoms with Crippen molar-refractivity contribution in [3.05, 3.63) is 0 Å². The van der Waals surface area contributed by atoms with Gasteiger partial charge in [-0.15, -0.1) is 0 Å². The number of ketones is 1. The number of ether oxygens (including phenoxy) is 1. The SMILES string of the molecule is CCCCCNC(=O)C(C)(C)CCOC(C)(C)CC(=O)C(C)C.CO. The van der Waals surface area contributed by atoms with Crippen LogP contribution in [0.25, 0.3) is 0 Å². The fraction of sp³-hybridized carbons (Fsp3) is 0.900. The molecule has 0 aliphatic carbocycles. The highest BCUT2D eigenvalue weighted by molar-refractivity contribution is 5.82. The molecule has 0 aromatic carbocycles. The molecule has 0 radical (unpaired) electrons. The zero-order chi connectivity index (χ0) is 20.1. The summed E-state index contributed by atoms with van der Waals surface area (Å²) in [5.41, 5.74) is -0.931. The van der Waals surface area contributed by atoms with E-state index in [2.05, 4.69) is 12.2 Å².